The van der Waals surface area contributed by atoms with E-state index in [-0.39, 0.29) is 11.9 Å². The zero-order valence-corrected chi connectivity index (χ0v) is 12.3. The van der Waals surface area contributed by atoms with E-state index in [9.17, 15) is 4.39 Å². The number of hydrogen-bond donors (Lipinski definition) is 1. The average molecular weight is 322 g/mol. The molecule has 2 heterocycles. The molecule has 1 aliphatic rings. The van der Waals surface area contributed by atoms with E-state index in [0.29, 0.717) is 5.56 Å². The van der Waals surface area contributed by atoms with Gasteiger partial charge in [0, 0.05) is 28.3 Å². The number of hydrogen-bond acceptors (Lipinski definition) is 2. The van der Waals surface area contributed by atoms with Crippen molar-refractivity contribution >= 4 is 21.6 Å². The minimum absolute atomic E-state index is 0.218. The first kappa shape index (κ1) is 12.4. The lowest BCUT2D eigenvalue weighted by molar-refractivity contribution is 0.588. The topological polar surface area (TPSA) is 29.9 Å². The Kier molecular flexibility index (Phi) is 2.74. The molecule has 3 rings (SSSR count). The molecule has 19 heavy (non-hydrogen) atoms. The van der Waals surface area contributed by atoms with Crippen LogP contribution in [0.25, 0.3) is 5.70 Å². The van der Waals surface area contributed by atoms with E-state index < -0.39 is 0 Å². The van der Waals surface area contributed by atoms with E-state index in [1.165, 1.54) is 6.07 Å². The Bertz CT molecular complexity index is 690. The summed E-state index contributed by atoms with van der Waals surface area (Å²) in [5.74, 6) is -0.240. The van der Waals surface area contributed by atoms with Crippen molar-refractivity contribution in [2.24, 2.45) is 7.05 Å². The van der Waals surface area contributed by atoms with Crippen molar-refractivity contribution in [3.63, 3.8) is 0 Å². The predicted octanol–water partition coefficient (Wildman–Crippen LogP) is 3.29. The van der Waals surface area contributed by atoms with Gasteiger partial charge in [-0.1, -0.05) is 28.6 Å². The Morgan fingerprint density at radius 3 is 2.89 bits per heavy atom. The summed E-state index contributed by atoms with van der Waals surface area (Å²) in [6.07, 6.45) is 0. The van der Waals surface area contributed by atoms with Crippen LogP contribution in [0, 0.1) is 12.7 Å². The molecule has 98 valence electrons. The van der Waals surface area contributed by atoms with Crippen LogP contribution in [0.2, 0.25) is 0 Å². The molecule has 0 radical (unpaired) electrons. The van der Waals surface area contributed by atoms with Gasteiger partial charge in [0.1, 0.15) is 11.5 Å². The lowest BCUT2D eigenvalue weighted by Gasteiger charge is -2.15. The third-order valence-electron chi connectivity index (χ3n) is 3.55. The van der Waals surface area contributed by atoms with Gasteiger partial charge in [-0.25, -0.2) is 4.39 Å². The summed E-state index contributed by atoms with van der Waals surface area (Å²) < 4.78 is 16.7. The molecule has 0 saturated heterocycles. The molecule has 0 saturated carbocycles. The number of fused-ring (bicyclic) bond motifs is 1. The molecular formula is C14H13BrFN3. The zero-order chi connectivity index (χ0) is 13.7. The fraction of sp³-hybridized carbons (Fsp3) is 0.214. The van der Waals surface area contributed by atoms with Gasteiger partial charge in [-0.15, -0.1) is 0 Å². The van der Waals surface area contributed by atoms with Crippen molar-refractivity contribution < 1.29 is 4.39 Å². The molecule has 0 spiro atoms. The molecule has 0 fully saturated rings. The third kappa shape index (κ3) is 1.80. The molecule has 1 unspecified atom stereocenters. The van der Waals surface area contributed by atoms with Crippen LogP contribution in [0.1, 0.15) is 28.6 Å². The molecule has 1 aliphatic heterocycles. The first-order chi connectivity index (χ1) is 8.99. The molecule has 0 bridgehead atoms. The quantitative estimate of drug-likeness (QED) is 0.873. The summed E-state index contributed by atoms with van der Waals surface area (Å²) in [6.45, 7) is 5.94. The third-order valence-corrected chi connectivity index (χ3v) is 4.04. The Morgan fingerprint density at radius 2 is 2.21 bits per heavy atom. The molecular weight excluding hydrogens is 309 g/mol. The molecule has 0 aliphatic carbocycles. The number of nitrogens with zero attached hydrogens (tertiary/aromatic N) is 2. The second-order valence-electron chi connectivity index (χ2n) is 4.69. The van der Waals surface area contributed by atoms with Gasteiger partial charge in [-0.3, -0.25) is 4.68 Å². The van der Waals surface area contributed by atoms with Gasteiger partial charge in [0.25, 0.3) is 0 Å². The highest BCUT2D eigenvalue weighted by Crippen LogP contribution is 2.38. The molecule has 1 aromatic carbocycles. The van der Waals surface area contributed by atoms with Gasteiger partial charge in [0.15, 0.2) is 0 Å². The molecule has 1 N–H and O–H groups in total. The van der Waals surface area contributed by atoms with Crippen LogP contribution in [0.3, 0.4) is 0 Å². The molecule has 5 heteroatoms. The van der Waals surface area contributed by atoms with Crippen molar-refractivity contribution in [2.75, 3.05) is 0 Å². The van der Waals surface area contributed by atoms with Crippen LogP contribution < -0.4 is 5.32 Å². The van der Waals surface area contributed by atoms with Crippen molar-refractivity contribution in [1.29, 1.82) is 0 Å². The highest BCUT2D eigenvalue weighted by molar-refractivity contribution is 9.10. The Hall–Kier alpha value is -1.62. The van der Waals surface area contributed by atoms with Crippen molar-refractivity contribution in [1.82, 2.24) is 15.1 Å². The van der Waals surface area contributed by atoms with E-state index >= 15 is 0 Å². The predicted molar refractivity (Wildman–Crippen MR) is 76.1 cm³/mol. The van der Waals surface area contributed by atoms with E-state index in [0.717, 1.165) is 27.1 Å². The minimum atomic E-state index is -0.240. The van der Waals surface area contributed by atoms with Gasteiger partial charge >= 0.3 is 0 Å². The van der Waals surface area contributed by atoms with Gasteiger partial charge < -0.3 is 5.32 Å². The number of halogens is 2. The van der Waals surface area contributed by atoms with Gasteiger partial charge in [-0.05, 0) is 19.1 Å². The standard InChI is InChI=1S/C14H13BrFN3/c1-7-13-12(8(2)19(3)18-13)14(17-7)10-5-4-9(15)6-11(10)16/h4-6,14,17H,1H2,2-3H3. The number of rotatable bonds is 1. The maximum atomic E-state index is 14.1. The molecule has 1 aromatic heterocycles. The lowest BCUT2D eigenvalue weighted by atomic mass is 9.99. The number of benzene rings is 1. The largest absolute Gasteiger partial charge is 0.373 e. The number of aromatic nitrogens is 2. The van der Waals surface area contributed by atoms with Gasteiger partial charge in [-0.2, -0.15) is 5.10 Å². The van der Waals surface area contributed by atoms with Crippen LogP contribution in [-0.4, -0.2) is 9.78 Å². The van der Waals surface area contributed by atoms with E-state index in [1.54, 1.807) is 10.7 Å². The summed E-state index contributed by atoms with van der Waals surface area (Å²) in [4.78, 5) is 0. The Morgan fingerprint density at radius 1 is 1.47 bits per heavy atom. The van der Waals surface area contributed by atoms with E-state index in [4.69, 9.17) is 0 Å². The minimum Gasteiger partial charge on any atom is -0.373 e. The van der Waals surface area contributed by atoms with Crippen molar-refractivity contribution in [3.05, 3.63) is 57.6 Å². The second-order valence-corrected chi connectivity index (χ2v) is 5.61. The average Bonchev–Trinajstić information content (AvgIpc) is 2.80. The van der Waals surface area contributed by atoms with Crippen LogP contribution >= 0.6 is 15.9 Å². The highest BCUT2D eigenvalue weighted by Gasteiger charge is 2.33. The zero-order valence-electron chi connectivity index (χ0n) is 10.7. The SMILES string of the molecule is C=C1NC(c2ccc(Br)cc2F)c2c1nn(C)c2C. The second kappa shape index (κ2) is 4.20. The molecule has 3 nitrogen and oxygen atoms in total. The summed E-state index contributed by atoms with van der Waals surface area (Å²) in [7, 11) is 1.88. The van der Waals surface area contributed by atoms with E-state index in [2.05, 4.69) is 32.9 Å². The fourth-order valence-corrected chi connectivity index (χ4v) is 2.81. The first-order valence-electron chi connectivity index (χ1n) is 5.93. The number of nitrogens with one attached hydrogen (secondary N) is 1. The summed E-state index contributed by atoms with van der Waals surface area (Å²) in [5.41, 5.74) is 4.21. The van der Waals surface area contributed by atoms with Crippen molar-refractivity contribution in [3.8, 4) is 0 Å². The number of aryl methyl sites for hydroxylation is 1. The van der Waals surface area contributed by atoms with Crippen LogP contribution in [0.15, 0.2) is 29.3 Å². The molecule has 2 aromatic rings. The Balaban J connectivity index is 2.17. The lowest BCUT2D eigenvalue weighted by Crippen LogP contribution is -2.16. The maximum absolute atomic E-state index is 14.1. The fourth-order valence-electron chi connectivity index (χ4n) is 2.48. The monoisotopic (exact) mass is 321 g/mol. The summed E-state index contributed by atoms with van der Waals surface area (Å²) >= 11 is 3.27. The maximum Gasteiger partial charge on any atom is 0.129 e. The van der Waals surface area contributed by atoms with Crippen molar-refractivity contribution in [2.45, 2.75) is 13.0 Å². The summed E-state index contributed by atoms with van der Waals surface area (Å²) in [5, 5.41) is 7.64. The van der Waals surface area contributed by atoms with Crippen LogP contribution in [-0.2, 0) is 7.05 Å². The summed E-state index contributed by atoms with van der Waals surface area (Å²) in [6, 6.07) is 4.88. The first-order valence-corrected chi connectivity index (χ1v) is 6.72. The molecule has 1 atom stereocenters. The van der Waals surface area contributed by atoms with Gasteiger partial charge in [0.05, 0.1) is 11.7 Å². The Labute approximate surface area is 119 Å². The highest BCUT2D eigenvalue weighted by atomic mass is 79.9. The normalized spacial score (nSPS) is 17.5. The van der Waals surface area contributed by atoms with Crippen LogP contribution in [0.4, 0.5) is 4.39 Å². The van der Waals surface area contributed by atoms with Gasteiger partial charge in [0.2, 0.25) is 0 Å². The molecule has 0 amide bonds. The van der Waals surface area contributed by atoms with E-state index in [1.807, 2.05) is 20.0 Å². The van der Waals surface area contributed by atoms with Crippen LogP contribution in [0.5, 0.6) is 0 Å². The smallest absolute Gasteiger partial charge is 0.129 e.